The van der Waals surface area contributed by atoms with Gasteiger partial charge in [0.05, 0.1) is 26.5 Å². The standard InChI is InChI=1S/C19H20BrNO4/c1-4-25-17-8-6-14(20)11-13(17)5-10-19(22)21-16-12-15(23-2)7-9-18(16)24-3/h5-12H,4H2,1-3H3,(H,21,22). The van der Waals surface area contributed by atoms with Crippen LogP contribution in [-0.4, -0.2) is 26.7 Å². The van der Waals surface area contributed by atoms with Crippen molar-refractivity contribution < 1.29 is 19.0 Å². The summed E-state index contributed by atoms with van der Waals surface area (Å²) in [7, 11) is 3.11. The van der Waals surface area contributed by atoms with Crippen LogP contribution in [0.3, 0.4) is 0 Å². The summed E-state index contributed by atoms with van der Waals surface area (Å²) in [5, 5.41) is 2.79. The predicted octanol–water partition coefficient (Wildman–Crippen LogP) is 4.52. The minimum absolute atomic E-state index is 0.283. The molecular weight excluding hydrogens is 386 g/mol. The Morgan fingerprint density at radius 1 is 1.12 bits per heavy atom. The number of anilines is 1. The molecule has 0 heterocycles. The van der Waals surface area contributed by atoms with Crippen LogP contribution in [0.2, 0.25) is 0 Å². The fourth-order valence-corrected chi connectivity index (χ4v) is 2.57. The molecule has 0 bridgehead atoms. The first-order valence-corrected chi connectivity index (χ1v) is 8.50. The molecule has 0 saturated carbocycles. The van der Waals surface area contributed by atoms with E-state index in [4.69, 9.17) is 14.2 Å². The molecule has 5 nitrogen and oxygen atoms in total. The third-order valence-electron chi connectivity index (χ3n) is 3.35. The Balaban J connectivity index is 2.18. The molecule has 1 amide bonds. The number of methoxy groups -OCH3 is 2. The quantitative estimate of drug-likeness (QED) is 0.688. The van der Waals surface area contributed by atoms with E-state index in [1.54, 1.807) is 38.5 Å². The lowest BCUT2D eigenvalue weighted by Crippen LogP contribution is -2.09. The highest BCUT2D eigenvalue weighted by atomic mass is 79.9. The van der Waals surface area contributed by atoms with Gasteiger partial charge in [-0.2, -0.15) is 0 Å². The van der Waals surface area contributed by atoms with E-state index in [-0.39, 0.29) is 5.91 Å². The third-order valence-corrected chi connectivity index (χ3v) is 3.84. The van der Waals surface area contributed by atoms with E-state index in [0.717, 1.165) is 10.0 Å². The summed E-state index contributed by atoms with van der Waals surface area (Å²) in [6.07, 6.45) is 3.15. The first kappa shape index (κ1) is 18.9. The zero-order valence-electron chi connectivity index (χ0n) is 14.3. The van der Waals surface area contributed by atoms with Crippen molar-refractivity contribution in [2.24, 2.45) is 0 Å². The van der Waals surface area contributed by atoms with Crippen LogP contribution in [0, 0.1) is 0 Å². The summed E-state index contributed by atoms with van der Waals surface area (Å²) >= 11 is 3.42. The molecule has 1 N–H and O–H groups in total. The molecule has 0 atom stereocenters. The molecule has 0 spiro atoms. The van der Waals surface area contributed by atoms with Crippen LogP contribution in [0.1, 0.15) is 12.5 Å². The van der Waals surface area contributed by atoms with Gasteiger partial charge in [-0.15, -0.1) is 0 Å². The Morgan fingerprint density at radius 2 is 1.88 bits per heavy atom. The van der Waals surface area contributed by atoms with Crippen LogP contribution in [0.25, 0.3) is 6.08 Å². The lowest BCUT2D eigenvalue weighted by Gasteiger charge is -2.11. The van der Waals surface area contributed by atoms with Crippen LogP contribution in [0.15, 0.2) is 46.9 Å². The monoisotopic (exact) mass is 405 g/mol. The summed E-state index contributed by atoms with van der Waals surface area (Å²) in [5.74, 6) is 1.62. The first-order chi connectivity index (χ1) is 12.1. The van der Waals surface area contributed by atoms with E-state index in [1.807, 2.05) is 25.1 Å². The fraction of sp³-hybridized carbons (Fsp3) is 0.211. The van der Waals surface area contributed by atoms with Crippen molar-refractivity contribution in [1.82, 2.24) is 0 Å². The number of ether oxygens (including phenoxy) is 3. The molecule has 0 radical (unpaired) electrons. The van der Waals surface area contributed by atoms with Gasteiger partial charge in [-0.25, -0.2) is 0 Å². The lowest BCUT2D eigenvalue weighted by molar-refractivity contribution is -0.111. The highest BCUT2D eigenvalue weighted by Crippen LogP contribution is 2.29. The Morgan fingerprint density at radius 3 is 2.56 bits per heavy atom. The molecular formula is C19H20BrNO4. The number of amides is 1. The molecule has 25 heavy (non-hydrogen) atoms. The Labute approximate surface area is 155 Å². The molecule has 0 aliphatic rings. The molecule has 0 aliphatic heterocycles. The summed E-state index contributed by atoms with van der Waals surface area (Å²) in [6.45, 7) is 2.47. The van der Waals surface area contributed by atoms with Gasteiger partial charge in [0.25, 0.3) is 0 Å². The summed E-state index contributed by atoms with van der Waals surface area (Å²) < 4.78 is 16.9. The van der Waals surface area contributed by atoms with E-state index in [0.29, 0.717) is 29.5 Å². The van der Waals surface area contributed by atoms with Gasteiger partial charge < -0.3 is 19.5 Å². The molecule has 0 saturated heterocycles. The minimum atomic E-state index is -0.283. The Hall–Kier alpha value is -2.47. The maximum atomic E-state index is 12.3. The second-order valence-electron chi connectivity index (χ2n) is 5.00. The number of nitrogens with one attached hydrogen (secondary N) is 1. The van der Waals surface area contributed by atoms with Gasteiger partial charge in [0.15, 0.2) is 0 Å². The van der Waals surface area contributed by atoms with Crippen LogP contribution >= 0.6 is 15.9 Å². The van der Waals surface area contributed by atoms with Gasteiger partial charge >= 0.3 is 0 Å². The van der Waals surface area contributed by atoms with E-state index in [2.05, 4.69) is 21.2 Å². The molecule has 2 aromatic carbocycles. The zero-order chi connectivity index (χ0) is 18.2. The molecule has 132 valence electrons. The maximum absolute atomic E-state index is 12.3. The topological polar surface area (TPSA) is 56.8 Å². The molecule has 6 heteroatoms. The van der Waals surface area contributed by atoms with Crippen LogP contribution in [0.4, 0.5) is 5.69 Å². The van der Waals surface area contributed by atoms with Crippen molar-refractivity contribution >= 4 is 33.6 Å². The third kappa shape index (κ3) is 5.26. The molecule has 2 aromatic rings. The Bertz CT molecular complexity index is 774. The number of benzene rings is 2. The van der Waals surface area contributed by atoms with Gasteiger partial charge in [0.2, 0.25) is 5.91 Å². The second kappa shape index (κ2) is 9.13. The summed E-state index contributed by atoms with van der Waals surface area (Å²) in [6, 6.07) is 10.8. The predicted molar refractivity (Wildman–Crippen MR) is 103 cm³/mol. The lowest BCUT2D eigenvalue weighted by atomic mass is 10.2. The number of hydrogen-bond donors (Lipinski definition) is 1. The van der Waals surface area contributed by atoms with Crippen molar-refractivity contribution in [3.8, 4) is 17.2 Å². The minimum Gasteiger partial charge on any atom is -0.497 e. The van der Waals surface area contributed by atoms with E-state index >= 15 is 0 Å². The number of hydrogen-bond acceptors (Lipinski definition) is 4. The first-order valence-electron chi connectivity index (χ1n) is 7.70. The van der Waals surface area contributed by atoms with Crippen molar-refractivity contribution in [3.05, 3.63) is 52.5 Å². The van der Waals surface area contributed by atoms with E-state index in [9.17, 15) is 4.79 Å². The van der Waals surface area contributed by atoms with Gasteiger partial charge in [-0.05, 0) is 43.3 Å². The number of carbonyl (C=O) groups is 1. The number of rotatable bonds is 7. The fourth-order valence-electron chi connectivity index (χ4n) is 2.19. The molecule has 0 fully saturated rings. The van der Waals surface area contributed by atoms with Gasteiger partial charge in [0, 0.05) is 22.2 Å². The van der Waals surface area contributed by atoms with Crippen molar-refractivity contribution in [1.29, 1.82) is 0 Å². The average Bonchev–Trinajstić information content (AvgIpc) is 2.62. The van der Waals surface area contributed by atoms with E-state index in [1.165, 1.54) is 6.08 Å². The SMILES string of the molecule is CCOc1ccc(Br)cc1C=CC(=O)Nc1cc(OC)ccc1OC. The largest absolute Gasteiger partial charge is 0.497 e. The van der Waals surface area contributed by atoms with Crippen LogP contribution in [-0.2, 0) is 4.79 Å². The maximum Gasteiger partial charge on any atom is 0.248 e. The van der Waals surface area contributed by atoms with Crippen LogP contribution < -0.4 is 19.5 Å². The highest BCUT2D eigenvalue weighted by molar-refractivity contribution is 9.10. The smallest absolute Gasteiger partial charge is 0.248 e. The molecule has 0 aliphatic carbocycles. The van der Waals surface area contributed by atoms with Crippen molar-refractivity contribution in [3.63, 3.8) is 0 Å². The van der Waals surface area contributed by atoms with Gasteiger partial charge in [0.1, 0.15) is 17.2 Å². The normalized spacial score (nSPS) is 10.6. The van der Waals surface area contributed by atoms with Crippen molar-refractivity contribution in [2.75, 3.05) is 26.1 Å². The van der Waals surface area contributed by atoms with Crippen LogP contribution in [0.5, 0.6) is 17.2 Å². The van der Waals surface area contributed by atoms with Gasteiger partial charge in [-0.3, -0.25) is 4.79 Å². The molecule has 0 aromatic heterocycles. The molecule has 0 unspecified atom stereocenters. The average molecular weight is 406 g/mol. The second-order valence-corrected chi connectivity index (χ2v) is 5.92. The number of halogens is 1. The highest BCUT2D eigenvalue weighted by Gasteiger charge is 2.08. The molecule has 2 rings (SSSR count). The summed E-state index contributed by atoms with van der Waals surface area (Å²) in [5.41, 5.74) is 1.35. The number of carbonyl (C=O) groups excluding carboxylic acids is 1. The van der Waals surface area contributed by atoms with Crippen molar-refractivity contribution in [2.45, 2.75) is 6.92 Å². The van der Waals surface area contributed by atoms with Gasteiger partial charge in [-0.1, -0.05) is 15.9 Å². The summed E-state index contributed by atoms with van der Waals surface area (Å²) in [4.78, 5) is 12.3. The van der Waals surface area contributed by atoms with E-state index < -0.39 is 0 Å². The zero-order valence-corrected chi connectivity index (χ0v) is 15.9. The Kier molecular flexibility index (Phi) is 6.89.